The van der Waals surface area contributed by atoms with Crippen molar-refractivity contribution in [1.29, 1.82) is 0 Å². The summed E-state index contributed by atoms with van der Waals surface area (Å²) in [5.41, 5.74) is 0.472. The molecule has 0 spiro atoms. The van der Waals surface area contributed by atoms with E-state index in [1.807, 2.05) is 13.8 Å². The summed E-state index contributed by atoms with van der Waals surface area (Å²) in [6.07, 6.45) is -0.950. The quantitative estimate of drug-likeness (QED) is 0.483. The Labute approximate surface area is 150 Å². The second-order valence-corrected chi connectivity index (χ2v) is 5.10. The first-order valence-electron chi connectivity index (χ1n) is 7.91. The molecule has 9 heteroatoms. The first kappa shape index (κ1) is 22.9. The summed E-state index contributed by atoms with van der Waals surface area (Å²) >= 11 is 0. The summed E-state index contributed by atoms with van der Waals surface area (Å²) in [7, 11) is 0. The highest BCUT2D eigenvalue weighted by atomic mass is 16.4. The van der Waals surface area contributed by atoms with Crippen LogP contribution < -0.4 is 4.90 Å². The van der Waals surface area contributed by atoms with Gasteiger partial charge in [0.05, 0.1) is 12.8 Å². The Morgan fingerprint density at radius 2 is 1.23 bits per heavy atom. The van der Waals surface area contributed by atoms with Crippen molar-refractivity contribution < 1.29 is 39.6 Å². The SMILES string of the molecule is CC.O=C(O)CC(CC(=O)O)c1ccccc1N(CC(=O)O)CC(=O)O. The number of carboxylic acids is 4. The number of nitrogens with zero attached hydrogens (tertiary/aromatic N) is 1. The third kappa shape index (κ3) is 8.13. The van der Waals surface area contributed by atoms with Crippen molar-refractivity contribution in [2.24, 2.45) is 0 Å². The van der Waals surface area contributed by atoms with Crippen LogP contribution in [0.3, 0.4) is 0 Å². The molecule has 144 valence electrons. The lowest BCUT2D eigenvalue weighted by atomic mass is 9.90. The van der Waals surface area contributed by atoms with E-state index in [-0.39, 0.29) is 11.3 Å². The molecule has 0 unspecified atom stereocenters. The molecule has 0 saturated heterocycles. The zero-order chi connectivity index (χ0) is 20.3. The number of aliphatic carboxylic acids is 4. The fourth-order valence-corrected chi connectivity index (χ4v) is 2.39. The topological polar surface area (TPSA) is 152 Å². The summed E-state index contributed by atoms with van der Waals surface area (Å²) in [6.45, 7) is 2.77. The minimum Gasteiger partial charge on any atom is -0.481 e. The Hall–Kier alpha value is -3.10. The molecule has 0 radical (unpaired) electrons. The van der Waals surface area contributed by atoms with Gasteiger partial charge < -0.3 is 25.3 Å². The van der Waals surface area contributed by atoms with Crippen LogP contribution in [0.25, 0.3) is 0 Å². The molecule has 1 aromatic carbocycles. The minimum atomic E-state index is -1.26. The van der Waals surface area contributed by atoms with E-state index in [1.54, 1.807) is 6.07 Å². The molecule has 0 amide bonds. The van der Waals surface area contributed by atoms with Crippen molar-refractivity contribution in [3.8, 4) is 0 Å². The van der Waals surface area contributed by atoms with Gasteiger partial charge in [0.25, 0.3) is 0 Å². The van der Waals surface area contributed by atoms with Crippen LogP contribution >= 0.6 is 0 Å². The first-order valence-corrected chi connectivity index (χ1v) is 7.91. The molecule has 0 aliphatic heterocycles. The largest absolute Gasteiger partial charge is 0.481 e. The molecule has 0 aliphatic rings. The van der Waals surface area contributed by atoms with Gasteiger partial charge in [0.1, 0.15) is 13.1 Å². The van der Waals surface area contributed by atoms with E-state index < -0.39 is 55.7 Å². The zero-order valence-electron chi connectivity index (χ0n) is 14.6. The predicted octanol–water partition coefficient (Wildman–Crippen LogP) is 1.72. The number of hydrogen-bond donors (Lipinski definition) is 4. The van der Waals surface area contributed by atoms with E-state index in [4.69, 9.17) is 20.4 Å². The Morgan fingerprint density at radius 3 is 1.62 bits per heavy atom. The van der Waals surface area contributed by atoms with E-state index in [2.05, 4.69) is 0 Å². The number of anilines is 1. The number of carboxylic acid groups (broad SMARTS) is 4. The Morgan fingerprint density at radius 1 is 0.808 bits per heavy atom. The van der Waals surface area contributed by atoms with E-state index >= 15 is 0 Å². The summed E-state index contributed by atoms with van der Waals surface area (Å²) in [5.74, 6) is -5.86. The maximum Gasteiger partial charge on any atom is 0.323 e. The molecule has 9 nitrogen and oxygen atoms in total. The van der Waals surface area contributed by atoms with E-state index in [0.717, 1.165) is 4.90 Å². The van der Waals surface area contributed by atoms with Crippen LogP contribution in [0.5, 0.6) is 0 Å². The van der Waals surface area contributed by atoms with Gasteiger partial charge in [-0.1, -0.05) is 32.0 Å². The minimum absolute atomic E-state index is 0.190. The molecular weight excluding hydrogens is 346 g/mol. The summed E-state index contributed by atoms with van der Waals surface area (Å²) in [5, 5.41) is 35.9. The number of rotatable bonds is 10. The molecule has 1 aromatic rings. The van der Waals surface area contributed by atoms with Gasteiger partial charge in [0.15, 0.2) is 0 Å². The van der Waals surface area contributed by atoms with Crippen LogP contribution in [-0.2, 0) is 19.2 Å². The number of carbonyl (C=O) groups is 4. The summed E-state index contributed by atoms with van der Waals surface area (Å²) in [6, 6.07) is 6.00. The van der Waals surface area contributed by atoms with Gasteiger partial charge >= 0.3 is 23.9 Å². The maximum atomic E-state index is 11.0. The lowest BCUT2D eigenvalue weighted by molar-refractivity contribution is -0.140. The molecule has 0 fully saturated rings. The van der Waals surface area contributed by atoms with Crippen molar-refractivity contribution in [1.82, 2.24) is 0 Å². The molecular formula is C17H23NO8. The van der Waals surface area contributed by atoms with Crippen LogP contribution in [0.1, 0.15) is 38.2 Å². The maximum absolute atomic E-state index is 11.0. The lowest BCUT2D eigenvalue weighted by Crippen LogP contribution is -2.35. The van der Waals surface area contributed by atoms with Gasteiger partial charge in [-0.25, -0.2) is 0 Å². The van der Waals surface area contributed by atoms with Crippen molar-refractivity contribution in [3.05, 3.63) is 29.8 Å². The van der Waals surface area contributed by atoms with Crippen molar-refractivity contribution in [2.45, 2.75) is 32.6 Å². The van der Waals surface area contributed by atoms with E-state index in [1.165, 1.54) is 18.2 Å². The Bertz CT molecular complexity index is 556. The standard InChI is InChI=1S/C15H17NO8.C2H6/c17-12(18)5-9(6-13(19)20)10-3-1-2-4-11(10)16(7-14(21)22)8-15(23)24;1-2/h1-4,9H,5-8H2,(H,17,18)(H,19,20)(H,21,22)(H,23,24);1-2H3. The normalized spacial score (nSPS) is 9.81. The molecule has 0 saturated carbocycles. The fourth-order valence-electron chi connectivity index (χ4n) is 2.39. The first-order chi connectivity index (χ1) is 12.2. The highest BCUT2D eigenvalue weighted by Crippen LogP contribution is 2.32. The van der Waals surface area contributed by atoms with Crippen LogP contribution in [0.2, 0.25) is 0 Å². The second-order valence-electron chi connectivity index (χ2n) is 5.10. The van der Waals surface area contributed by atoms with Gasteiger partial charge in [0.2, 0.25) is 0 Å². The molecule has 1 rings (SSSR count). The van der Waals surface area contributed by atoms with Gasteiger partial charge in [0, 0.05) is 11.6 Å². The monoisotopic (exact) mass is 369 g/mol. The van der Waals surface area contributed by atoms with Crippen molar-refractivity contribution >= 4 is 29.6 Å². The number of benzene rings is 1. The van der Waals surface area contributed by atoms with Gasteiger partial charge in [-0.15, -0.1) is 0 Å². The van der Waals surface area contributed by atoms with Crippen LogP contribution in [0.15, 0.2) is 24.3 Å². The Kier molecular flexibility index (Phi) is 10.1. The van der Waals surface area contributed by atoms with Gasteiger partial charge in [-0.2, -0.15) is 0 Å². The van der Waals surface area contributed by atoms with Crippen molar-refractivity contribution in [2.75, 3.05) is 18.0 Å². The van der Waals surface area contributed by atoms with Gasteiger partial charge in [-0.3, -0.25) is 19.2 Å². The van der Waals surface area contributed by atoms with Crippen LogP contribution in [-0.4, -0.2) is 57.4 Å². The van der Waals surface area contributed by atoms with Crippen LogP contribution in [0.4, 0.5) is 5.69 Å². The number of hydrogen-bond acceptors (Lipinski definition) is 5. The third-order valence-electron chi connectivity index (χ3n) is 3.21. The lowest BCUT2D eigenvalue weighted by Gasteiger charge is -2.26. The molecule has 0 aromatic heterocycles. The molecule has 0 bridgehead atoms. The average Bonchev–Trinajstić information content (AvgIpc) is 2.54. The second kappa shape index (κ2) is 11.5. The summed E-state index contributed by atoms with van der Waals surface area (Å²) < 4.78 is 0. The van der Waals surface area contributed by atoms with E-state index in [9.17, 15) is 19.2 Å². The number of para-hydroxylation sites is 1. The van der Waals surface area contributed by atoms with E-state index in [0.29, 0.717) is 0 Å². The van der Waals surface area contributed by atoms with Gasteiger partial charge in [-0.05, 0) is 11.6 Å². The third-order valence-corrected chi connectivity index (χ3v) is 3.21. The predicted molar refractivity (Wildman–Crippen MR) is 92.5 cm³/mol. The highest BCUT2D eigenvalue weighted by Gasteiger charge is 2.25. The molecule has 0 aliphatic carbocycles. The summed E-state index contributed by atoms with van der Waals surface area (Å²) in [4.78, 5) is 45.0. The van der Waals surface area contributed by atoms with Crippen LogP contribution in [0, 0.1) is 0 Å². The Balaban J connectivity index is 0.00000301. The molecule has 0 heterocycles. The smallest absolute Gasteiger partial charge is 0.323 e. The van der Waals surface area contributed by atoms with Crippen molar-refractivity contribution in [3.63, 3.8) is 0 Å². The highest BCUT2D eigenvalue weighted by molar-refractivity contribution is 5.81. The average molecular weight is 369 g/mol. The molecule has 4 N–H and O–H groups in total. The zero-order valence-corrected chi connectivity index (χ0v) is 14.6. The fraction of sp³-hybridized carbons (Fsp3) is 0.412. The molecule has 0 atom stereocenters. The molecule has 26 heavy (non-hydrogen) atoms.